The van der Waals surface area contributed by atoms with Gasteiger partial charge in [0.05, 0.1) is 30.5 Å². The van der Waals surface area contributed by atoms with Gasteiger partial charge in [0.1, 0.15) is 11.9 Å². The van der Waals surface area contributed by atoms with E-state index < -0.39 is 27.6 Å². The number of benzene rings is 1. The Morgan fingerprint density at radius 2 is 2.21 bits per heavy atom. The lowest BCUT2D eigenvalue weighted by Crippen LogP contribution is -2.20. The predicted octanol–water partition coefficient (Wildman–Crippen LogP) is 1.00. The molecule has 19 heavy (non-hydrogen) atoms. The summed E-state index contributed by atoms with van der Waals surface area (Å²) in [7, 11) is -2.66. The third-order valence-electron chi connectivity index (χ3n) is 2.17. The van der Waals surface area contributed by atoms with Crippen molar-refractivity contribution in [2.24, 2.45) is 0 Å². The molecule has 0 aliphatic rings. The molecular weight excluding hydrogens is 275 g/mol. The molecule has 0 fully saturated rings. The molecule has 0 aliphatic heterocycles. The number of anilines is 1. The number of nitriles is 1. The highest BCUT2D eigenvalue weighted by molar-refractivity contribution is 7.92. The summed E-state index contributed by atoms with van der Waals surface area (Å²) in [6.45, 7) is 0. The van der Waals surface area contributed by atoms with Gasteiger partial charge in [-0.2, -0.15) is 5.26 Å². The second-order valence-corrected chi connectivity index (χ2v) is 5.39. The summed E-state index contributed by atoms with van der Waals surface area (Å²) in [4.78, 5) is 10.9. The number of halogens is 1. The fourth-order valence-corrected chi connectivity index (χ4v) is 2.29. The molecule has 1 rings (SSSR count). The van der Waals surface area contributed by atoms with E-state index in [4.69, 9.17) is 5.26 Å². The number of sulfonamides is 1. The Hall–Kier alpha value is -2.14. The van der Waals surface area contributed by atoms with Crippen molar-refractivity contribution in [1.29, 1.82) is 5.26 Å². The molecule has 0 radical (unpaired) electrons. The average Bonchev–Trinajstić information content (AvgIpc) is 2.37. The summed E-state index contributed by atoms with van der Waals surface area (Å²) < 4.78 is 42.6. The molecule has 0 saturated carbocycles. The van der Waals surface area contributed by atoms with Crippen molar-refractivity contribution in [3.05, 3.63) is 29.6 Å². The summed E-state index contributed by atoms with van der Waals surface area (Å²) in [6.07, 6.45) is -0.311. The molecule has 0 unspecified atom stereocenters. The van der Waals surface area contributed by atoms with E-state index in [1.165, 1.54) is 0 Å². The van der Waals surface area contributed by atoms with Crippen LogP contribution < -0.4 is 4.72 Å². The molecule has 0 heterocycles. The van der Waals surface area contributed by atoms with Crippen LogP contribution in [0, 0.1) is 17.1 Å². The molecule has 102 valence electrons. The maximum absolute atomic E-state index is 12.9. The van der Waals surface area contributed by atoms with Crippen molar-refractivity contribution in [2.45, 2.75) is 6.42 Å². The summed E-state index contributed by atoms with van der Waals surface area (Å²) in [6, 6.07) is 4.76. The second-order valence-electron chi connectivity index (χ2n) is 3.55. The zero-order valence-electron chi connectivity index (χ0n) is 10.0. The predicted molar refractivity (Wildman–Crippen MR) is 65.2 cm³/mol. The monoisotopic (exact) mass is 286 g/mol. The standard InChI is InChI=1S/C11H11FN2O4S/c1-18-11(15)4-5-19(16,17)14-10-3-2-9(12)6-8(10)7-13/h2-3,6,14H,4-5H2,1H3. The lowest BCUT2D eigenvalue weighted by Gasteiger charge is -2.08. The van der Waals surface area contributed by atoms with Gasteiger partial charge in [0.25, 0.3) is 0 Å². The Kier molecular flexibility index (Phi) is 4.83. The number of hydrogen-bond acceptors (Lipinski definition) is 5. The van der Waals surface area contributed by atoms with Crippen molar-refractivity contribution in [3.63, 3.8) is 0 Å². The molecule has 0 amide bonds. The Morgan fingerprint density at radius 3 is 2.79 bits per heavy atom. The summed E-state index contributed by atoms with van der Waals surface area (Å²) in [5.41, 5.74) is -0.171. The number of nitrogens with zero attached hydrogens (tertiary/aromatic N) is 1. The van der Waals surface area contributed by atoms with Gasteiger partial charge in [-0.1, -0.05) is 0 Å². The largest absolute Gasteiger partial charge is 0.469 e. The smallest absolute Gasteiger partial charge is 0.306 e. The molecule has 0 aliphatic carbocycles. The van der Waals surface area contributed by atoms with Gasteiger partial charge in [0, 0.05) is 0 Å². The number of ether oxygens (including phenoxy) is 1. The number of carbonyl (C=O) groups excluding carboxylic acids is 1. The van der Waals surface area contributed by atoms with Gasteiger partial charge >= 0.3 is 5.97 Å². The second kappa shape index (κ2) is 6.15. The van der Waals surface area contributed by atoms with Crippen LogP contribution in [0.3, 0.4) is 0 Å². The lowest BCUT2D eigenvalue weighted by molar-refractivity contribution is -0.140. The Balaban J connectivity index is 2.84. The minimum absolute atomic E-state index is 0.0336. The van der Waals surface area contributed by atoms with Gasteiger partial charge in [-0.05, 0) is 18.2 Å². The normalized spacial score (nSPS) is 10.6. The lowest BCUT2D eigenvalue weighted by atomic mass is 10.2. The van der Waals surface area contributed by atoms with Crippen LogP contribution in [0.5, 0.6) is 0 Å². The van der Waals surface area contributed by atoms with Crippen LogP contribution >= 0.6 is 0 Å². The molecule has 1 aromatic rings. The first-order chi connectivity index (χ1) is 8.88. The summed E-state index contributed by atoms with van der Waals surface area (Å²) in [5.74, 6) is -1.79. The molecule has 0 saturated heterocycles. The van der Waals surface area contributed by atoms with Crippen LogP contribution in [0.1, 0.15) is 12.0 Å². The van der Waals surface area contributed by atoms with E-state index in [9.17, 15) is 17.6 Å². The highest BCUT2D eigenvalue weighted by Crippen LogP contribution is 2.17. The topological polar surface area (TPSA) is 96.3 Å². The fourth-order valence-electron chi connectivity index (χ4n) is 1.24. The van der Waals surface area contributed by atoms with E-state index in [-0.39, 0.29) is 17.7 Å². The van der Waals surface area contributed by atoms with Gasteiger partial charge in [0.15, 0.2) is 0 Å². The zero-order chi connectivity index (χ0) is 14.5. The Bertz CT molecular complexity index is 622. The number of nitrogens with one attached hydrogen (secondary N) is 1. The minimum atomic E-state index is -3.81. The molecule has 1 aromatic carbocycles. The third kappa shape index (κ3) is 4.56. The summed E-state index contributed by atoms with van der Waals surface area (Å²) >= 11 is 0. The van der Waals surface area contributed by atoms with Crippen molar-refractivity contribution < 1.29 is 22.3 Å². The van der Waals surface area contributed by atoms with Crippen molar-refractivity contribution in [3.8, 4) is 6.07 Å². The molecule has 0 atom stereocenters. The van der Waals surface area contributed by atoms with Crippen LogP contribution in [0.15, 0.2) is 18.2 Å². The van der Waals surface area contributed by atoms with Crippen LogP contribution in [-0.4, -0.2) is 27.2 Å². The minimum Gasteiger partial charge on any atom is -0.469 e. The molecule has 8 heteroatoms. The van der Waals surface area contributed by atoms with E-state index in [0.717, 1.165) is 25.3 Å². The number of hydrogen-bond donors (Lipinski definition) is 1. The van der Waals surface area contributed by atoms with Crippen LogP contribution in [0.4, 0.5) is 10.1 Å². The maximum Gasteiger partial charge on any atom is 0.306 e. The molecule has 6 nitrogen and oxygen atoms in total. The van der Waals surface area contributed by atoms with Gasteiger partial charge in [0.2, 0.25) is 10.0 Å². The van der Waals surface area contributed by atoms with Crippen LogP contribution in [0.25, 0.3) is 0 Å². The first kappa shape index (κ1) is 14.9. The Labute approximate surface area is 109 Å². The maximum atomic E-state index is 12.9. The number of carbonyl (C=O) groups is 1. The fraction of sp³-hybridized carbons (Fsp3) is 0.273. The number of esters is 1. The van der Waals surface area contributed by atoms with Crippen molar-refractivity contribution in [1.82, 2.24) is 0 Å². The molecule has 0 bridgehead atoms. The van der Waals surface area contributed by atoms with Crippen molar-refractivity contribution >= 4 is 21.7 Å². The van der Waals surface area contributed by atoms with E-state index in [1.54, 1.807) is 6.07 Å². The van der Waals surface area contributed by atoms with Crippen molar-refractivity contribution in [2.75, 3.05) is 17.6 Å². The highest BCUT2D eigenvalue weighted by Gasteiger charge is 2.15. The zero-order valence-corrected chi connectivity index (χ0v) is 10.8. The first-order valence-corrected chi connectivity index (χ1v) is 6.80. The SMILES string of the molecule is COC(=O)CCS(=O)(=O)Nc1ccc(F)cc1C#N. The average molecular weight is 286 g/mol. The van der Waals surface area contributed by atoms with E-state index >= 15 is 0 Å². The van der Waals surface area contributed by atoms with E-state index in [2.05, 4.69) is 9.46 Å². The number of methoxy groups -OCH3 is 1. The molecule has 1 N–H and O–H groups in total. The first-order valence-electron chi connectivity index (χ1n) is 5.15. The molecule has 0 aromatic heterocycles. The van der Waals surface area contributed by atoms with Gasteiger partial charge in [-0.3, -0.25) is 9.52 Å². The van der Waals surface area contributed by atoms with Gasteiger partial charge in [-0.25, -0.2) is 12.8 Å². The number of rotatable bonds is 5. The molecular formula is C11H11FN2O4S. The van der Waals surface area contributed by atoms with Crippen LogP contribution in [-0.2, 0) is 19.6 Å². The van der Waals surface area contributed by atoms with Gasteiger partial charge < -0.3 is 4.74 Å². The van der Waals surface area contributed by atoms with Crippen LogP contribution in [0.2, 0.25) is 0 Å². The van der Waals surface area contributed by atoms with Gasteiger partial charge in [-0.15, -0.1) is 0 Å². The third-order valence-corrected chi connectivity index (χ3v) is 3.44. The van der Waals surface area contributed by atoms with E-state index in [1.807, 2.05) is 0 Å². The quantitative estimate of drug-likeness (QED) is 0.815. The highest BCUT2D eigenvalue weighted by atomic mass is 32.2. The summed E-state index contributed by atoms with van der Waals surface area (Å²) in [5, 5.41) is 8.77. The Morgan fingerprint density at radius 1 is 1.53 bits per heavy atom. The molecule has 0 spiro atoms. The van der Waals surface area contributed by atoms with E-state index in [0.29, 0.717) is 0 Å².